The van der Waals surface area contributed by atoms with Crippen LogP contribution in [0.25, 0.3) is 0 Å². The molecule has 1 aliphatic heterocycles. The zero-order chi connectivity index (χ0) is 20.8. The summed E-state index contributed by atoms with van der Waals surface area (Å²) in [5.74, 6) is -0.122. The van der Waals surface area contributed by atoms with E-state index in [1.807, 2.05) is 30.3 Å². The predicted molar refractivity (Wildman–Crippen MR) is 110 cm³/mol. The van der Waals surface area contributed by atoms with E-state index in [1.54, 1.807) is 38.1 Å². The molecule has 1 fully saturated rings. The Morgan fingerprint density at radius 2 is 1.66 bits per heavy atom. The average molecular weight is 394 g/mol. The first-order valence-corrected chi connectivity index (χ1v) is 9.91. The monoisotopic (exact) mass is 394 g/mol. The van der Waals surface area contributed by atoms with E-state index in [4.69, 9.17) is 4.74 Å². The second-order valence-electron chi connectivity index (χ2n) is 7.52. The van der Waals surface area contributed by atoms with Crippen molar-refractivity contribution in [2.75, 3.05) is 13.1 Å². The second-order valence-corrected chi connectivity index (χ2v) is 7.52. The summed E-state index contributed by atoms with van der Waals surface area (Å²) in [6.07, 6.45) is 1.41. The molecule has 152 valence electrons. The summed E-state index contributed by atoms with van der Waals surface area (Å²) in [5, 5.41) is 2.61. The van der Waals surface area contributed by atoms with Crippen LogP contribution in [0, 0.1) is 5.92 Å². The minimum atomic E-state index is -0.615. The van der Waals surface area contributed by atoms with E-state index in [9.17, 15) is 14.4 Å². The maximum Gasteiger partial charge on any atom is 0.311 e. The van der Waals surface area contributed by atoms with Gasteiger partial charge in [-0.25, -0.2) is 0 Å². The number of piperidine rings is 1. The summed E-state index contributed by atoms with van der Waals surface area (Å²) < 4.78 is 5.76. The van der Waals surface area contributed by atoms with Gasteiger partial charge in [0.25, 0.3) is 0 Å². The maximum absolute atomic E-state index is 12.9. The lowest BCUT2D eigenvalue weighted by Gasteiger charge is -2.31. The van der Waals surface area contributed by atoms with Crippen LogP contribution in [0.15, 0.2) is 54.6 Å². The van der Waals surface area contributed by atoms with Crippen molar-refractivity contribution in [3.8, 4) is 11.5 Å². The summed E-state index contributed by atoms with van der Waals surface area (Å²) in [5.41, 5.74) is 0.580. The zero-order valence-electron chi connectivity index (χ0n) is 16.8. The number of likely N-dealkylation sites (tertiary alicyclic amines) is 1. The lowest BCUT2D eigenvalue weighted by atomic mass is 9.90. The molecule has 0 bridgehead atoms. The number of rotatable bonds is 5. The van der Waals surface area contributed by atoms with Crippen LogP contribution in [-0.2, 0) is 9.59 Å². The van der Waals surface area contributed by atoms with E-state index in [-0.39, 0.29) is 24.3 Å². The summed E-state index contributed by atoms with van der Waals surface area (Å²) in [7, 11) is 0. The fourth-order valence-corrected chi connectivity index (χ4v) is 3.39. The van der Waals surface area contributed by atoms with Gasteiger partial charge >= 0.3 is 11.8 Å². The van der Waals surface area contributed by atoms with Crippen molar-refractivity contribution in [2.45, 2.75) is 32.7 Å². The quantitative estimate of drug-likeness (QED) is 0.623. The van der Waals surface area contributed by atoms with E-state index >= 15 is 0 Å². The number of hydrogen-bond acceptors (Lipinski definition) is 4. The van der Waals surface area contributed by atoms with Crippen molar-refractivity contribution >= 4 is 17.6 Å². The van der Waals surface area contributed by atoms with Gasteiger partial charge in [0.15, 0.2) is 5.78 Å². The van der Waals surface area contributed by atoms with Crippen molar-refractivity contribution in [3.63, 3.8) is 0 Å². The van der Waals surface area contributed by atoms with E-state index in [1.165, 1.54) is 4.90 Å². The molecule has 0 aliphatic carbocycles. The number of nitrogens with zero attached hydrogens (tertiary/aromatic N) is 1. The summed E-state index contributed by atoms with van der Waals surface area (Å²) in [6.45, 7) is 4.38. The van der Waals surface area contributed by atoms with Gasteiger partial charge in [0.05, 0.1) is 0 Å². The topological polar surface area (TPSA) is 75.7 Å². The highest BCUT2D eigenvalue weighted by Crippen LogP contribution is 2.25. The third-order valence-corrected chi connectivity index (χ3v) is 4.81. The minimum absolute atomic E-state index is 0.0157. The van der Waals surface area contributed by atoms with Crippen LogP contribution >= 0.6 is 0 Å². The summed E-state index contributed by atoms with van der Waals surface area (Å²) in [6, 6.07) is 16.3. The van der Waals surface area contributed by atoms with Crippen LogP contribution in [0.5, 0.6) is 11.5 Å². The van der Waals surface area contributed by atoms with Gasteiger partial charge in [0.2, 0.25) is 0 Å². The molecule has 1 aliphatic rings. The third kappa shape index (κ3) is 5.44. The Hall–Kier alpha value is -3.15. The Morgan fingerprint density at radius 1 is 1.00 bits per heavy atom. The van der Waals surface area contributed by atoms with Crippen molar-refractivity contribution < 1.29 is 19.1 Å². The van der Waals surface area contributed by atoms with E-state index < -0.39 is 11.8 Å². The smallest absolute Gasteiger partial charge is 0.311 e. The molecule has 0 radical (unpaired) electrons. The first kappa shape index (κ1) is 20.6. The molecule has 1 N–H and O–H groups in total. The van der Waals surface area contributed by atoms with Gasteiger partial charge in [0.1, 0.15) is 11.5 Å². The Kier molecular flexibility index (Phi) is 6.65. The van der Waals surface area contributed by atoms with Crippen molar-refractivity contribution in [3.05, 3.63) is 60.2 Å². The molecule has 2 amide bonds. The molecular weight excluding hydrogens is 368 g/mol. The number of benzene rings is 2. The standard InChI is InChI=1S/C23H26N2O4/c1-16(2)24-22(27)23(28)25-14-6-7-18(15-25)21(26)17-10-12-20(13-11-17)29-19-8-4-3-5-9-19/h3-5,8-13,16,18H,6-7,14-15H2,1-2H3,(H,24,27)/t18-/m0/s1. The van der Waals surface area contributed by atoms with Crippen LogP contribution in [0.4, 0.5) is 0 Å². The number of carbonyl (C=O) groups excluding carboxylic acids is 3. The molecule has 3 rings (SSSR count). The Labute approximate surface area is 170 Å². The van der Waals surface area contributed by atoms with E-state index in [0.29, 0.717) is 30.7 Å². The zero-order valence-corrected chi connectivity index (χ0v) is 16.8. The maximum atomic E-state index is 12.9. The van der Waals surface area contributed by atoms with Crippen molar-refractivity contribution in [2.24, 2.45) is 5.92 Å². The van der Waals surface area contributed by atoms with Crippen molar-refractivity contribution in [1.29, 1.82) is 0 Å². The van der Waals surface area contributed by atoms with E-state index in [2.05, 4.69) is 5.32 Å². The third-order valence-electron chi connectivity index (χ3n) is 4.81. The number of amides is 2. The number of hydrogen-bond donors (Lipinski definition) is 1. The van der Waals surface area contributed by atoms with E-state index in [0.717, 1.165) is 5.75 Å². The molecule has 0 aromatic heterocycles. The normalized spacial score (nSPS) is 16.4. The molecule has 2 aromatic rings. The largest absolute Gasteiger partial charge is 0.457 e. The Balaban J connectivity index is 1.62. The lowest BCUT2D eigenvalue weighted by molar-refractivity contribution is -0.147. The second kappa shape index (κ2) is 9.37. The lowest BCUT2D eigenvalue weighted by Crippen LogP contribution is -2.49. The fourth-order valence-electron chi connectivity index (χ4n) is 3.39. The number of ether oxygens (including phenoxy) is 1. The number of carbonyl (C=O) groups is 3. The minimum Gasteiger partial charge on any atom is -0.457 e. The van der Waals surface area contributed by atoms with Gasteiger partial charge in [-0.3, -0.25) is 14.4 Å². The number of para-hydroxylation sites is 1. The first-order chi connectivity index (χ1) is 13.9. The molecule has 6 nitrogen and oxygen atoms in total. The molecule has 6 heteroatoms. The number of ketones is 1. The first-order valence-electron chi connectivity index (χ1n) is 9.91. The molecule has 29 heavy (non-hydrogen) atoms. The van der Waals surface area contributed by atoms with Gasteiger partial charge in [0, 0.05) is 30.6 Å². The summed E-state index contributed by atoms with van der Waals surface area (Å²) in [4.78, 5) is 38.7. The van der Waals surface area contributed by atoms with Crippen LogP contribution < -0.4 is 10.1 Å². The van der Waals surface area contributed by atoms with Gasteiger partial charge < -0.3 is 15.0 Å². The van der Waals surface area contributed by atoms with Crippen LogP contribution in [0.1, 0.15) is 37.0 Å². The molecule has 1 atom stereocenters. The fraction of sp³-hybridized carbons (Fsp3) is 0.348. The van der Waals surface area contributed by atoms with Crippen molar-refractivity contribution in [1.82, 2.24) is 10.2 Å². The molecule has 1 saturated heterocycles. The van der Waals surface area contributed by atoms with Crippen LogP contribution in [0.2, 0.25) is 0 Å². The summed E-state index contributed by atoms with van der Waals surface area (Å²) >= 11 is 0. The van der Waals surface area contributed by atoms with Gasteiger partial charge in [-0.1, -0.05) is 18.2 Å². The van der Waals surface area contributed by atoms with Crippen LogP contribution in [-0.4, -0.2) is 41.6 Å². The highest BCUT2D eigenvalue weighted by Gasteiger charge is 2.31. The van der Waals surface area contributed by atoms with Gasteiger partial charge in [-0.15, -0.1) is 0 Å². The molecule has 0 unspecified atom stereocenters. The highest BCUT2D eigenvalue weighted by molar-refractivity contribution is 6.35. The van der Waals surface area contributed by atoms with Crippen LogP contribution in [0.3, 0.4) is 0 Å². The predicted octanol–water partition coefficient (Wildman–Crippen LogP) is 3.42. The SMILES string of the molecule is CC(C)NC(=O)C(=O)N1CCC[C@H](C(=O)c2ccc(Oc3ccccc3)cc2)C1. The highest BCUT2D eigenvalue weighted by atomic mass is 16.5. The van der Waals surface area contributed by atoms with Gasteiger partial charge in [-0.2, -0.15) is 0 Å². The molecule has 1 heterocycles. The Bertz CT molecular complexity index is 862. The number of nitrogens with one attached hydrogen (secondary N) is 1. The Morgan fingerprint density at radius 3 is 2.31 bits per heavy atom. The van der Waals surface area contributed by atoms with Gasteiger partial charge in [-0.05, 0) is 63.1 Å². The average Bonchev–Trinajstić information content (AvgIpc) is 2.73. The molecule has 0 saturated carbocycles. The molecule has 0 spiro atoms. The molecule has 2 aromatic carbocycles. The molecular formula is C23H26N2O4. The number of Topliss-reactive ketones (excluding diaryl/α,β-unsaturated/α-hetero) is 1.